The van der Waals surface area contributed by atoms with E-state index >= 15 is 0 Å². The van der Waals surface area contributed by atoms with Gasteiger partial charge in [-0.2, -0.15) is 9.97 Å². The molecule has 0 radical (unpaired) electrons. The largest absolute Gasteiger partial charge is 0.412 e. The fraction of sp³-hybridized carbons (Fsp3) is 0. The highest BCUT2D eigenvalue weighted by atomic mass is 35.5. The van der Waals surface area contributed by atoms with Gasteiger partial charge in [-0.3, -0.25) is 0 Å². The molecule has 0 aliphatic rings. The van der Waals surface area contributed by atoms with Crippen LogP contribution in [0.15, 0.2) is 0 Å². The SMILES string of the molecule is N.Nc1nc(Cl)nnc1Cl.Nc1nnc(Cl)c(N)n1.O. The Morgan fingerprint density at radius 3 is 1.50 bits per heavy atom. The minimum absolute atomic E-state index is 0. The number of nitrogen functional groups attached to an aromatic ring is 3. The van der Waals surface area contributed by atoms with Crippen LogP contribution in [0.1, 0.15) is 0 Å². The van der Waals surface area contributed by atoms with Crippen molar-refractivity contribution in [1.29, 1.82) is 0 Å². The van der Waals surface area contributed by atoms with Gasteiger partial charge in [0.2, 0.25) is 11.2 Å². The summed E-state index contributed by atoms with van der Waals surface area (Å²) in [6, 6.07) is 0. The highest BCUT2D eigenvalue weighted by molar-refractivity contribution is 6.32. The van der Waals surface area contributed by atoms with E-state index in [1.807, 2.05) is 0 Å². The molecular formula is C6H11Cl3N10O. The first-order valence-corrected chi connectivity index (χ1v) is 5.26. The predicted octanol–water partition coefficient (Wildman–Crippen LogP) is -0.213. The lowest BCUT2D eigenvalue weighted by Crippen LogP contribution is -2.01. The first-order valence-electron chi connectivity index (χ1n) is 4.12. The standard InChI is InChI=1S/C3H2Cl2N4.C3H4ClN5.H3N.H2O/c4-1-2(6)7-3(5)9-8-1;4-1-2(5)7-3(6)9-8-1;;/h(H2,6,7,9);(H4,5,6,7,9);1H3;1H2. The molecule has 0 atom stereocenters. The minimum Gasteiger partial charge on any atom is -0.412 e. The van der Waals surface area contributed by atoms with E-state index in [4.69, 9.17) is 52.0 Å². The number of nitrogens with zero attached hydrogens (tertiary/aromatic N) is 6. The summed E-state index contributed by atoms with van der Waals surface area (Å²) in [4.78, 5) is 7.03. The van der Waals surface area contributed by atoms with E-state index in [0.717, 1.165) is 0 Å². The number of hydrogen-bond donors (Lipinski definition) is 4. The lowest BCUT2D eigenvalue weighted by molar-refractivity contribution is 0.824. The van der Waals surface area contributed by atoms with Gasteiger partial charge in [-0.15, -0.1) is 20.4 Å². The maximum Gasteiger partial charge on any atom is 0.245 e. The van der Waals surface area contributed by atoms with Crippen molar-refractivity contribution in [3.63, 3.8) is 0 Å². The molecule has 0 saturated heterocycles. The molecule has 0 unspecified atom stereocenters. The summed E-state index contributed by atoms with van der Waals surface area (Å²) in [6.07, 6.45) is 0. The molecule has 0 bridgehead atoms. The summed E-state index contributed by atoms with van der Waals surface area (Å²) in [7, 11) is 0. The zero-order valence-electron chi connectivity index (χ0n) is 9.76. The van der Waals surface area contributed by atoms with Crippen LogP contribution in [0.3, 0.4) is 0 Å². The van der Waals surface area contributed by atoms with Crippen molar-refractivity contribution in [3.8, 4) is 0 Å². The normalized spacial score (nSPS) is 8.55. The average molecular weight is 346 g/mol. The third-order valence-electron chi connectivity index (χ3n) is 1.33. The summed E-state index contributed by atoms with van der Waals surface area (Å²) < 4.78 is 0. The van der Waals surface area contributed by atoms with Crippen molar-refractivity contribution in [2.45, 2.75) is 0 Å². The first kappa shape index (κ1) is 20.5. The molecule has 0 amide bonds. The minimum atomic E-state index is -0.00287. The van der Waals surface area contributed by atoms with Crippen LogP contribution in [0.5, 0.6) is 0 Å². The van der Waals surface area contributed by atoms with Crippen molar-refractivity contribution in [3.05, 3.63) is 15.6 Å². The second kappa shape index (κ2) is 9.17. The molecule has 11 N–H and O–H groups in total. The second-order valence-corrected chi connectivity index (χ2v) is 3.66. The van der Waals surface area contributed by atoms with Crippen LogP contribution in [0, 0.1) is 0 Å². The third-order valence-corrected chi connectivity index (χ3v) is 2.03. The molecule has 2 aromatic heterocycles. The van der Waals surface area contributed by atoms with E-state index < -0.39 is 0 Å². The van der Waals surface area contributed by atoms with Crippen LogP contribution < -0.4 is 23.4 Å². The Balaban J connectivity index is 0. The van der Waals surface area contributed by atoms with Crippen LogP contribution >= 0.6 is 34.8 Å². The molecule has 112 valence electrons. The topological polar surface area (TPSA) is 222 Å². The number of anilines is 3. The van der Waals surface area contributed by atoms with Gasteiger partial charge in [-0.05, 0) is 11.6 Å². The molecule has 0 spiro atoms. The second-order valence-electron chi connectivity index (χ2n) is 2.60. The summed E-state index contributed by atoms with van der Waals surface area (Å²) in [5.41, 5.74) is 15.5. The molecule has 2 heterocycles. The zero-order chi connectivity index (χ0) is 13.7. The highest BCUT2D eigenvalue weighted by Crippen LogP contribution is 2.11. The summed E-state index contributed by atoms with van der Waals surface area (Å²) in [5, 5.41) is 13.6. The quantitative estimate of drug-likeness (QED) is 0.491. The Morgan fingerprint density at radius 1 is 0.700 bits per heavy atom. The monoisotopic (exact) mass is 344 g/mol. The van der Waals surface area contributed by atoms with E-state index in [1.54, 1.807) is 0 Å². The van der Waals surface area contributed by atoms with Crippen LogP contribution in [-0.2, 0) is 0 Å². The van der Waals surface area contributed by atoms with Gasteiger partial charge in [-0.1, -0.05) is 23.2 Å². The Morgan fingerprint density at radius 2 is 1.15 bits per heavy atom. The van der Waals surface area contributed by atoms with E-state index in [1.165, 1.54) is 0 Å². The van der Waals surface area contributed by atoms with Crippen molar-refractivity contribution in [1.82, 2.24) is 36.5 Å². The van der Waals surface area contributed by atoms with E-state index in [9.17, 15) is 0 Å². The molecule has 20 heavy (non-hydrogen) atoms. The summed E-state index contributed by atoms with van der Waals surface area (Å²) in [5.74, 6) is 0.220. The number of halogens is 3. The molecule has 0 saturated carbocycles. The van der Waals surface area contributed by atoms with E-state index in [-0.39, 0.29) is 44.8 Å². The first-order chi connectivity index (χ1) is 8.40. The number of nitrogens with two attached hydrogens (primary N) is 3. The Hall–Kier alpha value is -1.79. The molecule has 0 aromatic carbocycles. The Labute approximate surface area is 127 Å². The number of aromatic nitrogens is 6. The van der Waals surface area contributed by atoms with Gasteiger partial charge in [0, 0.05) is 0 Å². The molecular weight excluding hydrogens is 334 g/mol. The Kier molecular flexibility index (Phi) is 9.41. The molecule has 0 aliphatic carbocycles. The van der Waals surface area contributed by atoms with Gasteiger partial charge >= 0.3 is 0 Å². The maximum absolute atomic E-state index is 5.36. The number of hydrogen-bond acceptors (Lipinski definition) is 10. The van der Waals surface area contributed by atoms with Crippen molar-refractivity contribution in [2.24, 2.45) is 0 Å². The lowest BCUT2D eigenvalue weighted by Gasteiger charge is -1.92. The molecule has 2 aromatic rings. The van der Waals surface area contributed by atoms with Crippen LogP contribution in [0.25, 0.3) is 0 Å². The van der Waals surface area contributed by atoms with Crippen LogP contribution in [0.2, 0.25) is 15.6 Å². The van der Waals surface area contributed by atoms with E-state index in [0.29, 0.717) is 0 Å². The molecule has 14 heteroatoms. The zero-order valence-corrected chi connectivity index (χ0v) is 12.0. The van der Waals surface area contributed by atoms with Gasteiger partial charge in [0.15, 0.2) is 21.9 Å². The maximum atomic E-state index is 5.36. The van der Waals surface area contributed by atoms with Gasteiger partial charge in [-0.25, -0.2) is 0 Å². The van der Waals surface area contributed by atoms with Gasteiger partial charge in [0.25, 0.3) is 0 Å². The predicted molar refractivity (Wildman–Crippen MR) is 76.6 cm³/mol. The summed E-state index contributed by atoms with van der Waals surface area (Å²) >= 11 is 16.0. The van der Waals surface area contributed by atoms with Gasteiger partial charge in [0.1, 0.15) is 0 Å². The smallest absolute Gasteiger partial charge is 0.245 e. The third kappa shape index (κ3) is 6.40. The van der Waals surface area contributed by atoms with Crippen molar-refractivity contribution in [2.75, 3.05) is 17.2 Å². The Bertz CT molecular complexity index is 505. The lowest BCUT2D eigenvalue weighted by atomic mass is 10.7. The molecule has 0 fully saturated rings. The van der Waals surface area contributed by atoms with Crippen molar-refractivity contribution < 1.29 is 5.48 Å². The van der Waals surface area contributed by atoms with E-state index in [2.05, 4.69) is 30.4 Å². The molecule has 2 rings (SSSR count). The average Bonchev–Trinajstić information content (AvgIpc) is 2.30. The summed E-state index contributed by atoms with van der Waals surface area (Å²) in [6.45, 7) is 0. The molecule has 11 nitrogen and oxygen atoms in total. The van der Waals surface area contributed by atoms with Gasteiger partial charge in [0.05, 0.1) is 0 Å². The fourth-order valence-corrected chi connectivity index (χ4v) is 0.931. The molecule has 0 aliphatic heterocycles. The van der Waals surface area contributed by atoms with Crippen LogP contribution in [0.4, 0.5) is 17.6 Å². The fourth-order valence-electron chi connectivity index (χ4n) is 0.643. The van der Waals surface area contributed by atoms with Gasteiger partial charge < -0.3 is 28.8 Å². The van der Waals surface area contributed by atoms with Crippen molar-refractivity contribution >= 4 is 52.4 Å². The highest BCUT2D eigenvalue weighted by Gasteiger charge is 1.99. The number of rotatable bonds is 0. The van der Waals surface area contributed by atoms with Crippen LogP contribution in [-0.4, -0.2) is 35.8 Å².